The molecule has 0 heterocycles. The van der Waals surface area contributed by atoms with E-state index in [1.165, 1.54) is 72.8 Å². The molecule has 0 saturated heterocycles. The Labute approximate surface area is 287 Å². The Morgan fingerprint density at radius 1 is 0.400 bits per heavy atom. The molecule has 0 aromatic heterocycles. The van der Waals surface area contributed by atoms with E-state index >= 15 is 0 Å². The monoisotopic (exact) mass is 670 g/mol. The molecule has 0 N–H and O–H groups in total. The highest BCUT2D eigenvalue weighted by atomic mass is 16.5. The van der Waals surface area contributed by atoms with Crippen LogP contribution in [0, 0.1) is 13.8 Å². The highest BCUT2D eigenvalue weighted by Crippen LogP contribution is 2.18. The maximum absolute atomic E-state index is 12.7. The maximum atomic E-state index is 12.7. The summed E-state index contributed by atoms with van der Waals surface area (Å²) >= 11 is 0. The summed E-state index contributed by atoms with van der Waals surface area (Å²) in [4.78, 5) is 75.2. The molecular weight excluding hydrogens is 640 g/mol. The van der Waals surface area contributed by atoms with E-state index in [1.54, 1.807) is 48.5 Å². The topological polar surface area (TPSA) is 139 Å². The summed E-state index contributed by atoms with van der Waals surface area (Å²) in [7, 11) is 0. The fraction of sp³-hybridized carbons (Fsp3) is 0.100. The Kier molecular flexibility index (Phi) is 11.0. The molecule has 0 aliphatic rings. The Bertz CT molecular complexity index is 1900. The van der Waals surface area contributed by atoms with E-state index in [-0.39, 0.29) is 33.8 Å². The molecule has 0 atom stereocenters. The van der Waals surface area contributed by atoms with Crippen molar-refractivity contribution in [3.05, 3.63) is 166 Å². The minimum Gasteiger partial charge on any atom is -0.454 e. The van der Waals surface area contributed by atoms with Crippen molar-refractivity contribution in [3.8, 4) is 11.5 Å². The van der Waals surface area contributed by atoms with Crippen LogP contribution >= 0.6 is 0 Å². The van der Waals surface area contributed by atoms with E-state index in [9.17, 15) is 28.8 Å². The number of ketones is 2. The van der Waals surface area contributed by atoms with Gasteiger partial charge in [0, 0.05) is 11.1 Å². The fourth-order valence-corrected chi connectivity index (χ4v) is 4.50. The van der Waals surface area contributed by atoms with Gasteiger partial charge in [0.1, 0.15) is 11.5 Å². The first-order valence-electron chi connectivity index (χ1n) is 15.3. The van der Waals surface area contributed by atoms with Crippen LogP contribution < -0.4 is 9.47 Å². The minimum atomic E-state index is -0.851. The highest BCUT2D eigenvalue weighted by Gasteiger charge is 2.17. The van der Waals surface area contributed by atoms with Crippen molar-refractivity contribution in [3.63, 3.8) is 0 Å². The van der Waals surface area contributed by atoms with Gasteiger partial charge in [0.25, 0.3) is 0 Å². The van der Waals surface area contributed by atoms with Crippen LogP contribution in [0.5, 0.6) is 11.5 Å². The molecule has 0 radical (unpaired) electrons. The van der Waals surface area contributed by atoms with E-state index in [4.69, 9.17) is 18.9 Å². The van der Waals surface area contributed by atoms with Crippen LogP contribution in [0.4, 0.5) is 0 Å². The van der Waals surface area contributed by atoms with Gasteiger partial charge in [-0.3, -0.25) is 9.59 Å². The van der Waals surface area contributed by atoms with Crippen molar-refractivity contribution < 1.29 is 47.7 Å². The molecule has 10 nitrogen and oxygen atoms in total. The summed E-state index contributed by atoms with van der Waals surface area (Å²) in [5.74, 6) is -3.30. The largest absolute Gasteiger partial charge is 0.454 e. The zero-order valence-corrected chi connectivity index (χ0v) is 27.0. The Hall–Kier alpha value is -6.68. The van der Waals surface area contributed by atoms with Crippen molar-refractivity contribution >= 4 is 35.4 Å². The molecule has 0 bridgehead atoms. The van der Waals surface area contributed by atoms with Gasteiger partial charge in [-0.25, -0.2) is 19.2 Å². The number of Topliss-reactive ketones (excluding diaryl/α,β-unsaturated/α-hetero) is 2. The number of esters is 4. The molecule has 0 fully saturated rings. The number of rotatable bonds is 12. The summed E-state index contributed by atoms with van der Waals surface area (Å²) in [6.45, 7) is 2.66. The lowest BCUT2D eigenvalue weighted by Crippen LogP contribution is -2.16. The normalized spacial score (nSPS) is 10.4. The molecule has 5 aromatic carbocycles. The first kappa shape index (κ1) is 34.6. The first-order chi connectivity index (χ1) is 24.0. The lowest BCUT2D eigenvalue weighted by molar-refractivity contribution is 0.0467. The zero-order chi connectivity index (χ0) is 35.6. The smallest absolute Gasteiger partial charge is 0.343 e. The van der Waals surface area contributed by atoms with Crippen molar-refractivity contribution in [2.24, 2.45) is 0 Å². The number of carbonyl (C=O) groups excluding carboxylic acids is 6. The van der Waals surface area contributed by atoms with E-state index in [0.717, 1.165) is 11.1 Å². The third kappa shape index (κ3) is 9.23. The van der Waals surface area contributed by atoms with Gasteiger partial charge in [0.2, 0.25) is 0 Å². The summed E-state index contributed by atoms with van der Waals surface area (Å²) < 4.78 is 21.0. The quantitative estimate of drug-likeness (QED) is 0.0789. The van der Waals surface area contributed by atoms with Crippen molar-refractivity contribution in [2.45, 2.75) is 13.8 Å². The van der Waals surface area contributed by atoms with Gasteiger partial charge < -0.3 is 18.9 Å². The van der Waals surface area contributed by atoms with Gasteiger partial charge in [0.05, 0.1) is 22.3 Å². The predicted octanol–water partition coefficient (Wildman–Crippen LogP) is 6.82. The second-order valence-electron chi connectivity index (χ2n) is 11.1. The molecule has 5 rings (SSSR count). The van der Waals surface area contributed by atoms with E-state index in [1.807, 2.05) is 13.8 Å². The van der Waals surface area contributed by atoms with Crippen LogP contribution in [0.2, 0.25) is 0 Å². The van der Waals surface area contributed by atoms with Gasteiger partial charge in [-0.2, -0.15) is 0 Å². The van der Waals surface area contributed by atoms with Crippen molar-refractivity contribution in [1.29, 1.82) is 0 Å². The number of hydrogen-bond donors (Lipinski definition) is 0. The lowest BCUT2D eigenvalue weighted by Gasteiger charge is -2.08. The molecule has 50 heavy (non-hydrogen) atoms. The molecule has 0 aliphatic heterocycles. The van der Waals surface area contributed by atoms with Gasteiger partial charge in [-0.05, 0) is 105 Å². The second kappa shape index (κ2) is 15.9. The molecule has 0 saturated carbocycles. The summed E-state index contributed by atoms with van der Waals surface area (Å²) in [6, 6.07) is 30.9. The highest BCUT2D eigenvalue weighted by molar-refractivity contribution is 6.02. The minimum absolute atomic E-state index is 0.00674. The van der Waals surface area contributed by atoms with Crippen LogP contribution in [-0.2, 0) is 9.47 Å². The molecule has 0 spiro atoms. The maximum Gasteiger partial charge on any atom is 0.343 e. The Morgan fingerprint density at radius 2 is 0.740 bits per heavy atom. The van der Waals surface area contributed by atoms with Crippen LogP contribution in [0.25, 0.3) is 0 Å². The summed E-state index contributed by atoms with van der Waals surface area (Å²) in [5, 5.41) is 0. The van der Waals surface area contributed by atoms with Crippen LogP contribution in [0.1, 0.15) is 73.3 Å². The van der Waals surface area contributed by atoms with Crippen LogP contribution in [-0.4, -0.2) is 48.7 Å². The zero-order valence-electron chi connectivity index (χ0n) is 27.0. The Morgan fingerprint density at radius 3 is 1.10 bits per heavy atom. The second-order valence-corrected chi connectivity index (χ2v) is 11.1. The molecule has 10 heteroatoms. The summed E-state index contributed by atoms with van der Waals surface area (Å²) in [5.41, 5.74) is 3.23. The van der Waals surface area contributed by atoms with Crippen LogP contribution in [0.15, 0.2) is 121 Å². The van der Waals surface area contributed by atoms with Gasteiger partial charge in [-0.15, -0.1) is 0 Å². The fourth-order valence-electron chi connectivity index (χ4n) is 4.50. The summed E-state index contributed by atoms with van der Waals surface area (Å²) in [6.07, 6.45) is 0. The molecule has 0 amide bonds. The molecule has 0 aliphatic carbocycles. The Balaban J connectivity index is 1.08. The SMILES string of the molecule is Cc1ccc(C(=O)Oc2ccc(C(=O)COC(=O)c3cccc(C(=O)OCC(=O)c4ccc(OC(=O)c5ccc(C)cc5)cc4)c3)cc2)cc1. The molecular formula is C40H30O10. The van der Waals surface area contributed by atoms with E-state index in [2.05, 4.69) is 0 Å². The van der Waals surface area contributed by atoms with Gasteiger partial charge >= 0.3 is 23.9 Å². The first-order valence-corrected chi connectivity index (χ1v) is 15.3. The molecule has 0 unspecified atom stereocenters. The third-order valence-electron chi connectivity index (χ3n) is 7.35. The average Bonchev–Trinajstić information content (AvgIpc) is 3.13. The molecule has 5 aromatic rings. The van der Waals surface area contributed by atoms with Gasteiger partial charge in [-0.1, -0.05) is 41.5 Å². The van der Waals surface area contributed by atoms with Gasteiger partial charge in [0.15, 0.2) is 24.8 Å². The molecule has 250 valence electrons. The number of aryl methyl sites for hydroxylation is 2. The number of carbonyl (C=O) groups is 6. The third-order valence-corrected chi connectivity index (χ3v) is 7.35. The average molecular weight is 671 g/mol. The van der Waals surface area contributed by atoms with Crippen molar-refractivity contribution in [1.82, 2.24) is 0 Å². The number of ether oxygens (including phenoxy) is 4. The van der Waals surface area contributed by atoms with Crippen LogP contribution in [0.3, 0.4) is 0 Å². The van der Waals surface area contributed by atoms with Crippen molar-refractivity contribution in [2.75, 3.05) is 13.2 Å². The predicted molar refractivity (Wildman–Crippen MR) is 181 cm³/mol. The number of hydrogen-bond acceptors (Lipinski definition) is 10. The standard InChI is InChI=1S/C40H30O10/c1-25-6-10-29(11-7-25)39(45)49-33-18-14-27(15-19-33)35(41)23-47-37(43)31-4-3-5-32(22-31)38(44)48-24-36(42)28-16-20-34(21-17-28)50-40(46)30-12-8-26(2)9-13-30/h3-22H,23-24H2,1-2H3. The lowest BCUT2D eigenvalue weighted by atomic mass is 10.1. The van der Waals surface area contributed by atoms with E-state index < -0.39 is 48.7 Å². The number of benzene rings is 5. The van der Waals surface area contributed by atoms with E-state index in [0.29, 0.717) is 11.1 Å².